The summed E-state index contributed by atoms with van der Waals surface area (Å²) in [7, 11) is 0. The Morgan fingerprint density at radius 3 is 2.41 bits per heavy atom. The number of hydrogen-bond acceptors (Lipinski definition) is 6. The molecule has 2 rings (SSSR count). The summed E-state index contributed by atoms with van der Waals surface area (Å²) < 4.78 is 10.9. The summed E-state index contributed by atoms with van der Waals surface area (Å²) in [5, 5.41) is 15.1. The molecule has 0 saturated carbocycles. The first-order valence-electron chi connectivity index (χ1n) is 9.38. The van der Waals surface area contributed by atoms with Crippen LogP contribution in [0.4, 0.5) is 5.69 Å². The van der Waals surface area contributed by atoms with Gasteiger partial charge in [-0.25, -0.2) is 0 Å². The van der Waals surface area contributed by atoms with Crippen LogP contribution < -0.4 is 10.6 Å². The summed E-state index contributed by atoms with van der Waals surface area (Å²) in [6, 6.07) is 19.3. The number of para-hydroxylation sites is 1. The van der Waals surface area contributed by atoms with E-state index >= 15 is 0 Å². The average molecular weight is 412 g/mol. The first kappa shape index (κ1) is 22.5. The van der Waals surface area contributed by atoms with Gasteiger partial charge in [0.1, 0.15) is 11.6 Å². The van der Waals surface area contributed by atoms with Crippen LogP contribution in [0.5, 0.6) is 0 Å². The van der Waals surface area contributed by atoms with Crippen molar-refractivity contribution >= 4 is 23.4 Å². The summed E-state index contributed by atoms with van der Waals surface area (Å²) in [6.45, 7) is 5.11. The second kappa shape index (κ2) is 12.6. The minimum Gasteiger partial charge on any atom is -0.385 e. The first-order chi connectivity index (χ1) is 14.2. The van der Waals surface area contributed by atoms with Gasteiger partial charge in [0.25, 0.3) is 5.91 Å². The van der Waals surface area contributed by atoms with Crippen molar-refractivity contribution in [3.05, 3.63) is 66.4 Å². The van der Waals surface area contributed by atoms with Crippen molar-refractivity contribution in [3.63, 3.8) is 0 Å². The van der Waals surface area contributed by atoms with Crippen molar-refractivity contribution in [2.45, 2.75) is 29.9 Å². The molecule has 29 heavy (non-hydrogen) atoms. The van der Waals surface area contributed by atoms with E-state index in [1.165, 1.54) is 6.20 Å². The molecule has 0 bridgehead atoms. The highest BCUT2D eigenvalue weighted by molar-refractivity contribution is 7.99. The molecule has 0 aliphatic rings. The minimum atomic E-state index is -0.481. The average Bonchev–Trinajstić information content (AvgIpc) is 2.73. The number of anilines is 1. The largest absolute Gasteiger partial charge is 0.385 e. The summed E-state index contributed by atoms with van der Waals surface area (Å²) in [5.41, 5.74) is 0.616. The van der Waals surface area contributed by atoms with Crippen LogP contribution in [0.2, 0.25) is 0 Å². The molecular weight excluding hydrogens is 386 g/mol. The number of carbonyl (C=O) groups is 1. The molecule has 0 atom stereocenters. The predicted molar refractivity (Wildman–Crippen MR) is 114 cm³/mol. The van der Waals surface area contributed by atoms with E-state index in [2.05, 4.69) is 10.6 Å². The number of carbonyl (C=O) groups excluding carboxylic acids is 1. The van der Waals surface area contributed by atoms with Crippen LogP contribution in [-0.2, 0) is 14.3 Å². The molecule has 2 N–H and O–H groups in total. The lowest BCUT2D eigenvalue weighted by molar-refractivity contribution is -0.131. The number of hydrogen-bond donors (Lipinski definition) is 2. The maximum Gasteiger partial charge on any atom is 0.267 e. The second-order valence-corrected chi connectivity index (χ2v) is 6.90. The van der Waals surface area contributed by atoms with Gasteiger partial charge >= 0.3 is 0 Å². The van der Waals surface area contributed by atoms with E-state index in [0.29, 0.717) is 25.4 Å². The number of benzene rings is 2. The zero-order chi connectivity index (χ0) is 20.9. The van der Waals surface area contributed by atoms with Gasteiger partial charge in [0.15, 0.2) is 6.29 Å². The first-order valence-corrected chi connectivity index (χ1v) is 10.2. The Labute approximate surface area is 175 Å². The van der Waals surface area contributed by atoms with Gasteiger partial charge in [-0.2, -0.15) is 5.26 Å². The summed E-state index contributed by atoms with van der Waals surface area (Å²) in [6.07, 6.45) is 0.945. The van der Waals surface area contributed by atoms with E-state index in [1.807, 2.05) is 74.5 Å². The molecule has 0 saturated heterocycles. The summed E-state index contributed by atoms with van der Waals surface area (Å²) >= 11 is 1.54. The fourth-order valence-corrected chi connectivity index (χ4v) is 3.33. The standard InChI is InChI=1S/C22H25N3O3S/c1-3-27-21(28-4-2)16-24-15-17(14-23)22(26)25-19-12-8-9-13-20(19)29-18-10-6-5-7-11-18/h5-13,15,21,24H,3-4,16H2,1-2H3,(H,25,26)/b17-15-. The molecule has 0 spiro atoms. The highest BCUT2D eigenvalue weighted by atomic mass is 32.2. The van der Waals surface area contributed by atoms with Gasteiger partial charge in [0.2, 0.25) is 0 Å². The van der Waals surface area contributed by atoms with Gasteiger partial charge in [-0.1, -0.05) is 42.1 Å². The predicted octanol–water partition coefficient (Wildman–Crippen LogP) is 4.17. The Hall–Kier alpha value is -2.79. The van der Waals surface area contributed by atoms with Crippen LogP contribution in [0.15, 0.2) is 76.2 Å². The number of ether oxygens (including phenoxy) is 2. The highest BCUT2D eigenvalue weighted by Crippen LogP contribution is 2.33. The Kier molecular flexibility index (Phi) is 9.80. The molecule has 0 aliphatic heterocycles. The molecular formula is C22H25N3O3S. The molecule has 0 fully saturated rings. The van der Waals surface area contributed by atoms with Crippen LogP contribution in [0.3, 0.4) is 0 Å². The zero-order valence-electron chi connectivity index (χ0n) is 16.6. The molecule has 0 aromatic heterocycles. The molecule has 0 heterocycles. The van der Waals surface area contributed by atoms with E-state index in [-0.39, 0.29) is 5.57 Å². The van der Waals surface area contributed by atoms with E-state index in [4.69, 9.17) is 9.47 Å². The van der Waals surface area contributed by atoms with Crippen LogP contribution in [0, 0.1) is 11.3 Å². The molecule has 6 nitrogen and oxygen atoms in total. The molecule has 1 amide bonds. The Morgan fingerprint density at radius 1 is 1.10 bits per heavy atom. The molecule has 0 unspecified atom stereocenters. The summed E-state index contributed by atoms with van der Waals surface area (Å²) in [5.74, 6) is -0.481. The Morgan fingerprint density at radius 2 is 1.76 bits per heavy atom. The second-order valence-electron chi connectivity index (χ2n) is 5.78. The normalized spacial score (nSPS) is 11.2. The zero-order valence-corrected chi connectivity index (χ0v) is 17.4. The van der Waals surface area contributed by atoms with E-state index in [9.17, 15) is 10.1 Å². The lowest BCUT2D eigenvalue weighted by atomic mass is 10.2. The number of nitrogens with one attached hydrogen (secondary N) is 2. The third-order valence-electron chi connectivity index (χ3n) is 3.71. The monoisotopic (exact) mass is 411 g/mol. The van der Waals surface area contributed by atoms with Crippen LogP contribution in [0.1, 0.15) is 13.8 Å². The Balaban J connectivity index is 2.03. The van der Waals surface area contributed by atoms with E-state index in [1.54, 1.807) is 11.8 Å². The van der Waals surface area contributed by atoms with Gasteiger partial charge in [-0.05, 0) is 38.1 Å². The number of nitriles is 1. The third kappa shape index (κ3) is 7.62. The number of amides is 1. The lowest BCUT2D eigenvalue weighted by Gasteiger charge is -2.16. The van der Waals surface area contributed by atoms with Crippen LogP contribution >= 0.6 is 11.8 Å². The number of rotatable bonds is 11. The molecule has 2 aromatic carbocycles. The van der Waals surface area contributed by atoms with Crippen molar-refractivity contribution in [1.82, 2.24) is 5.32 Å². The summed E-state index contributed by atoms with van der Waals surface area (Å²) in [4.78, 5) is 14.5. The Bertz CT molecular complexity index is 844. The highest BCUT2D eigenvalue weighted by Gasteiger charge is 2.13. The van der Waals surface area contributed by atoms with Crippen molar-refractivity contribution in [2.75, 3.05) is 25.1 Å². The quantitative estimate of drug-likeness (QED) is 0.328. The maximum absolute atomic E-state index is 12.6. The van der Waals surface area contributed by atoms with E-state index < -0.39 is 12.2 Å². The maximum atomic E-state index is 12.6. The van der Waals surface area contributed by atoms with Gasteiger partial charge < -0.3 is 20.1 Å². The van der Waals surface area contributed by atoms with E-state index in [0.717, 1.165) is 9.79 Å². The van der Waals surface area contributed by atoms with Crippen molar-refractivity contribution in [3.8, 4) is 6.07 Å². The third-order valence-corrected chi connectivity index (χ3v) is 4.79. The molecule has 152 valence electrons. The molecule has 7 heteroatoms. The van der Waals surface area contributed by atoms with Gasteiger partial charge in [0, 0.05) is 29.2 Å². The van der Waals surface area contributed by atoms with Gasteiger partial charge in [-0.15, -0.1) is 0 Å². The molecule has 0 aliphatic carbocycles. The molecule has 2 aromatic rings. The number of nitrogens with zero attached hydrogens (tertiary/aromatic N) is 1. The van der Waals surface area contributed by atoms with Gasteiger partial charge in [0.05, 0.1) is 12.2 Å². The smallest absolute Gasteiger partial charge is 0.267 e. The van der Waals surface area contributed by atoms with Crippen molar-refractivity contribution in [1.29, 1.82) is 5.26 Å². The topological polar surface area (TPSA) is 83.4 Å². The van der Waals surface area contributed by atoms with Gasteiger partial charge in [-0.3, -0.25) is 4.79 Å². The van der Waals surface area contributed by atoms with Crippen LogP contribution in [-0.4, -0.2) is 32.0 Å². The van der Waals surface area contributed by atoms with Crippen LogP contribution in [0.25, 0.3) is 0 Å². The lowest BCUT2D eigenvalue weighted by Crippen LogP contribution is -2.29. The fourth-order valence-electron chi connectivity index (χ4n) is 2.41. The molecule has 0 radical (unpaired) electrons. The fraction of sp³-hybridized carbons (Fsp3) is 0.273. The van der Waals surface area contributed by atoms with Crippen molar-refractivity contribution < 1.29 is 14.3 Å². The minimum absolute atomic E-state index is 0.0312. The van der Waals surface area contributed by atoms with Crippen molar-refractivity contribution in [2.24, 2.45) is 0 Å². The SMILES string of the molecule is CCOC(CN/C=C(/C#N)C(=O)Nc1ccccc1Sc1ccccc1)OCC.